The molecule has 2 aliphatic rings. The second-order valence-electron chi connectivity index (χ2n) is 5.08. The SMILES string of the molecule is O=C1CCC(CNC2CS(=O)(=O)c3ccccc32)N1. The minimum Gasteiger partial charge on any atom is -0.352 e. The summed E-state index contributed by atoms with van der Waals surface area (Å²) in [6, 6.07) is 7.05. The number of carbonyl (C=O) groups excluding carboxylic acids is 1. The largest absolute Gasteiger partial charge is 0.352 e. The van der Waals surface area contributed by atoms with E-state index in [1.165, 1.54) is 0 Å². The fourth-order valence-electron chi connectivity index (χ4n) is 2.73. The number of fused-ring (bicyclic) bond motifs is 1. The molecule has 2 atom stereocenters. The molecule has 0 radical (unpaired) electrons. The molecule has 0 spiro atoms. The van der Waals surface area contributed by atoms with Gasteiger partial charge < -0.3 is 10.6 Å². The van der Waals surface area contributed by atoms with Crippen molar-refractivity contribution in [2.24, 2.45) is 0 Å². The van der Waals surface area contributed by atoms with Gasteiger partial charge in [-0.15, -0.1) is 0 Å². The summed E-state index contributed by atoms with van der Waals surface area (Å²) in [6.45, 7) is 0.611. The van der Waals surface area contributed by atoms with E-state index in [2.05, 4.69) is 10.6 Å². The molecule has 1 fully saturated rings. The predicted octanol–water partition coefficient (Wildman–Crippen LogP) is 0.383. The Kier molecular flexibility index (Phi) is 3.06. The van der Waals surface area contributed by atoms with Crippen LogP contribution < -0.4 is 10.6 Å². The molecule has 2 unspecified atom stereocenters. The number of nitrogens with one attached hydrogen (secondary N) is 2. The highest BCUT2D eigenvalue weighted by molar-refractivity contribution is 7.91. The molecule has 5 nitrogen and oxygen atoms in total. The van der Waals surface area contributed by atoms with Crippen LogP contribution in [0.15, 0.2) is 29.2 Å². The minimum absolute atomic E-state index is 0.0752. The first kappa shape index (κ1) is 12.6. The van der Waals surface area contributed by atoms with Gasteiger partial charge in [0.2, 0.25) is 5.91 Å². The van der Waals surface area contributed by atoms with Gasteiger partial charge in [-0.1, -0.05) is 18.2 Å². The molecule has 0 saturated carbocycles. The highest BCUT2D eigenvalue weighted by Crippen LogP contribution is 2.32. The molecule has 1 saturated heterocycles. The maximum absolute atomic E-state index is 12.0. The van der Waals surface area contributed by atoms with Crippen molar-refractivity contribution in [2.75, 3.05) is 12.3 Å². The molecule has 19 heavy (non-hydrogen) atoms. The number of carbonyl (C=O) groups is 1. The van der Waals surface area contributed by atoms with Crippen LogP contribution in [0, 0.1) is 0 Å². The van der Waals surface area contributed by atoms with Crippen molar-refractivity contribution < 1.29 is 13.2 Å². The van der Waals surface area contributed by atoms with Crippen LogP contribution in [0.1, 0.15) is 24.4 Å². The van der Waals surface area contributed by atoms with Crippen LogP contribution in [0.4, 0.5) is 0 Å². The van der Waals surface area contributed by atoms with Crippen LogP contribution in [-0.4, -0.2) is 32.7 Å². The van der Waals surface area contributed by atoms with Gasteiger partial charge in [-0.3, -0.25) is 4.79 Å². The normalized spacial score (nSPS) is 28.1. The average Bonchev–Trinajstić information content (AvgIpc) is 2.90. The van der Waals surface area contributed by atoms with Gasteiger partial charge >= 0.3 is 0 Å². The van der Waals surface area contributed by atoms with Gasteiger partial charge in [-0.05, 0) is 18.1 Å². The lowest BCUT2D eigenvalue weighted by Gasteiger charge is -2.16. The molecule has 1 aromatic rings. The quantitative estimate of drug-likeness (QED) is 0.839. The van der Waals surface area contributed by atoms with Crippen LogP contribution in [0.3, 0.4) is 0 Å². The molecule has 2 heterocycles. The van der Waals surface area contributed by atoms with Crippen molar-refractivity contribution in [3.63, 3.8) is 0 Å². The first-order valence-corrected chi connectivity index (χ1v) is 8.06. The van der Waals surface area contributed by atoms with Crippen LogP contribution in [-0.2, 0) is 14.6 Å². The molecule has 3 rings (SSSR count). The Labute approximate surface area is 112 Å². The summed E-state index contributed by atoms with van der Waals surface area (Å²) in [5, 5.41) is 6.13. The topological polar surface area (TPSA) is 75.3 Å². The number of sulfone groups is 1. The number of hydrogen-bond acceptors (Lipinski definition) is 4. The smallest absolute Gasteiger partial charge is 0.220 e. The van der Waals surface area contributed by atoms with Gasteiger partial charge in [-0.2, -0.15) is 0 Å². The van der Waals surface area contributed by atoms with E-state index in [0.29, 0.717) is 17.9 Å². The van der Waals surface area contributed by atoms with E-state index in [1.54, 1.807) is 12.1 Å². The highest BCUT2D eigenvalue weighted by atomic mass is 32.2. The maximum atomic E-state index is 12.0. The van der Waals surface area contributed by atoms with Crippen LogP contribution in [0.5, 0.6) is 0 Å². The second kappa shape index (κ2) is 4.61. The van der Waals surface area contributed by atoms with Crippen molar-refractivity contribution in [2.45, 2.75) is 29.8 Å². The van der Waals surface area contributed by atoms with E-state index < -0.39 is 9.84 Å². The summed E-state index contributed by atoms with van der Waals surface area (Å²) in [5.74, 6) is 0.179. The number of benzene rings is 1. The zero-order valence-electron chi connectivity index (χ0n) is 10.4. The van der Waals surface area contributed by atoms with E-state index in [4.69, 9.17) is 0 Å². The van der Waals surface area contributed by atoms with E-state index in [1.807, 2.05) is 12.1 Å². The summed E-state index contributed by atoms with van der Waals surface area (Å²) in [5.41, 5.74) is 0.840. The average molecular weight is 280 g/mol. The first-order valence-electron chi connectivity index (χ1n) is 6.41. The summed E-state index contributed by atoms with van der Waals surface area (Å²) in [6.07, 6.45) is 1.37. The molecule has 2 N–H and O–H groups in total. The Balaban J connectivity index is 1.72. The number of hydrogen-bond donors (Lipinski definition) is 2. The second-order valence-corrected chi connectivity index (χ2v) is 7.09. The fraction of sp³-hybridized carbons (Fsp3) is 0.462. The summed E-state index contributed by atoms with van der Waals surface area (Å²) >= 11 is 0. The van der Waals surface area contributed by atoms with Gasteiger partial charge in [0, 0.05) is 25.0 Å². The van der Waals surface area contributed by atoms with Crippen LogP contribution in [0.2, 0.25) is 0 Å². The number of amides is 1. The lowest BCUT2D eigenvalue weighted by atomic mass is 10.1. The Bertz CT molecular complexity index is 612. The monoisotopic (exact) mass is 280 g/mol. The van der Waals surface area contributed by atoms with Crippen LogP contribution in [0.25, 0.3) is 0 Å². The van der Waals surface area contributed by atoms with Gasteiger partial charge in [0.15, 0.2) is 9.84 Å². The minimum atomic E-state index is -3.16. The molecular formula is C13H16N2O3S. The Hall–Kier alpha value is -1.40. The Morgan fingerprint density at radius 3 is 2.84 bits per heavy atom. The molecule has 1 amide bonds. The molecular weight excluding hydrogens is 264 g/mol. The Morgan fingerprint density at radius 1 is 1.32 bits per heavy atom. The molecule has 1 aromatic carbocycles. The third-order valence-electron chi connectivity index (χ3n) is 3.71. The molecule has 0 aromatic heterocycles. The van der Waals surface area contributed by atoms with Crippen molar-refractivity contribution in [1.82, 2.24) is 10.6 Å². The first-order chi connectivity index (χ1) is 9.06. The van der Waals surface area contributed by atoms with Crippen molar-refractivity contribution >= 4 is 15.7 Å². The van der Waals surface area contributed by atoms with E-state index in [-0.39, 0.29) is 23.7 Å². The van der Waals surface area contributed by atoms with Gasteiger partial charge in [0.1, 0.15) is 0 Å². The van der Waals surface area contributed by atoms with Crippen molar-refractivity contribution in [3.05, 3.63) is 29.8 Å². The third kappa shape index (κ3) is 2.37. The van der Waals surface area contributed by atoms with Gasteiger partial charge in [0.25, 0.3) is 0 Å². The molecule has 0 bridgehead atoms. The summed E-state index contributed by atoms with van der Waals surface area (Å²) < 4.78 is 24.0. The van der Waals surface area contributed by atoms with E-state index >= 15 is 0 Å². The molecule has 102 valence electrons. The van der Waals surface area contributed by atoms with Gasteiger partial charge in [-0.25, -0.2) is 8.42 Å². The van der Waals surface area contributed by atoms with Gasteiger partial charge in [0.05, 0.1) is 10.6 Å². The van der Waals surface area contributed by atoms with Crippen LogP contribution >= 0.6 is 0 Å². The van der Waals surface area contributed by atoms with Crippen molar-refractivity contribution in [3.8, 4) is 0 Å². The number of rotatable bonds is 3. The highest BCUT2D eigenvalue weighted by Gasteiger charge is 2.34. The van der Waals surface area contributed by atoms with E-state index in [0.717, 1.165) is 12.0 Å². The zero-order chi connectivity index (χ0) is 13.5. The lowest BCUT2D eigenvalue weighted by Crippen LogP contribution is -2.37. The third-order valence-corrected chi connectivity index (χ3v) is 5.53. The molecule has 0 aliphatic carbocycles. The summed E-state index contributed by atoms with van der Waals surface area (Å²) in [4.78, 5) is 11.5. The molecule has 2 aliphatic heterocycles. The Morgan fingerprint density at radius 2 is 2.11 bits per heavy atom. The summed E-state index contributed by atoms with van der Waals surface area (Å²) in [7, 11) is -3.16. The molecule has 6 heteroatoms. The fourth-order valence-corrected chi connectivity index (χ4v) is 4.51. The van der Waals surface area contributed by atoms with Crippen molar-refractivity contribution in [1.29, 1.82) is 0 Å². The predicted molar refractivity (Wildman–Crippen MR) is 70.4 cm³/mol. The zero-order valence-corrected chi connectivity index (χ0v) is 11.2. The standard InChI is InChI=1S/C13H16N2O3S/c16-13-6-5-9(15-13)7-14-11-8-19(17,18)12-4-2-1-3-10(11)12/h1-4,9,11,14H,5-8H2,(H,15,16). The maximum Gasteiger partial charge on any atom is 0.220 e. The van der Waals surface area contributed by atoms with E-state index in [9.17, 15) is 13.2 Å². The lowest BCUT2D eigenvalue weighted by molar-refractivity contribution is -0.119.